The standard InChI is InChI=1S/C22H30N6O/c1-17-5-4-6-20(18(17)2)26-11-13-27(14-12-26)21-15-19(23-16-24-21)22(29)28-9-7-25(3)8-10-28/h4-6,15-16H,7-14H2,1-3H3. The maximum absolute atomic E-state index is 12.8. The number of anilines is 2. The highest BCUT2D eigenvalue weighted by molar-refractivity contribution is 5.93. The number of hydrogen-bond acceptors (Lipinski definition) is 6. The number of carbonyl (C=O) groups is 1. The summed E-state index contributed by atoms with van der Waals surface area (Å²) >= 11 is 0. The van der Waals surface area contributed by atoms with Crippen molar-refractivity contribution in [3.63, 3.8) is 0 Å². The molecule has 0 atom stereocenters. The highest BCUT2D eigenvalue weighted by Crippen LogP contribution is 2.25. The van der Waals surface area contributed by atoms with E-state index in [1.54, 1.807) is 0 Å². The number of aromatic nitrogens is 2. The number of amides is 1. The van der Waals surface area contributed by atoms with Gasteiger partial charge in [0.25, 0.3) is 5.91 Å². The molecule has 154 valence electrons. The van der Waals surface area contributed by atoms with Crippen LogP contribution in [0.15, 0.2) is 30.6 Å². The first-order chi connectivity index (χ1) is 14.0. The van der Waals surface area contributed by atoms with Crippen molar-refractivity contribution in [1.82, 2.24) is 19.8 Å². The summed E-state index contributed by atoms with van der Waals surface area (Å²) in [6, 6.07) is 8.35. The van der Waals surface area contributed by atoms with Gasteiger partial charge in [-0.3, -0.25) is 4.79 Å². The van der Waals surface area contributed by atoms with Crippen molar-refractivity contribution in [2.45, 2.75) is 13.8 Å². The number of piperazine rings is 2. The molecular weight excluding hydrogens is 364 g/mol. The molecule has 2 aliphatic rings. The molecule has 0 radical (unpaired) electrons. The van der Waals surface area contributed by atoms with E-state index in [4.69, 9.17) is 0 Å². The lowest BCUT2D eigenvalue weighted by molar-refractivity contribution is 0.0658. The zero-order chi connectivity index (χ0) is 20.4. The zero-order valence-electron chi connectivity index (χ0n) is 17.6. The van der Waals surface area contributed by atoms with Crippen molar-refractivity contribution < 1.29 is 4.79 Å². The Labute approximate surface area is 172 Å². The highest BCUT2D eigenvalue weighted by Gasteiger charge is 2.24. The molecule has 1 aromatic heterocycles. The lowest BCUT2D eigenvalue weighted by Gasteiger charge is -2.37. The van der Waals surface area contributed by atoms with Gasteiger partial charge in [0.05, 0.1) is 0 Å². The third-order valence-corrected chi connectivity index (χ3v) is 6.18. The molecule has 4 rings (SSSR count). The smallest absolute Gasteiger partial charge is 0.272 e. The molecule has 2 fully saturated rings. The molecule has 2 saturated heterocycles. The van der Waals surface area contributed by atoms with E-state index in [1.165, 1.54) is 23.1 Å². The molecule has 0 unspecified atom stereocenters. The van der Waals surface area contributed by atoms with Crippen LogP contribution in [0.2, 0.25) is 0 Å². The monoisotopic (exact) mass is 394 g/mol. The van der Waals surface area contributed by atoms with Crippen molar-refractivity contribution in [1.29, 1.82) is 0 Å². The Morgan fingerprint density at radius 2 is 1.59 bits per heavy atom. The van der Waals surface area contributed by atoms with Crippen LogP contribution in [0.4, 0.5) is 11.5 Å². The fraction of sp³-hybridized carbons (Fsp3) is 0.500. The molecule has 0 bridgehead atoms. The second-order valence-electron chi connectivity index (χ2n) is 8.05. The van der Waals surface area contributed by atoms with Gasteiger partial charge in [0.15, 0.2) is 0 Å². The van der Waals surface area contributed by atoms with Gasteiger partial charge in [0.2, 0.25) is 0 Å². The molecule has 0 N–H and O–H groups in total. The quantitative estimate of drug-likeness (QED) is 0.791. The Kier molecular flexibility index (Phi) is 5.67. The number of likely N-dealkylation sites (N-methyl/N-ethyl adjacent to an activating group) is 1. The summed E-state index contributed by atoms with van der Waals surface area (Å²) in [7, 11) is 2.09. The second kappa shape index (κ2) is 8.37. The van der Waals surface area contributed by atoms with Crippen LogP contribution in [-0.2, 0) is 0 Å². The van der Waals surface area contributed by atoms with Crippen LogP contribution < -0.4 is 9.80 Å². The predicted molar refractivity (Wildman–Crippen MR) is 116 cm³/mol. The van der Waals surface area contributed by atoms with E-state index >= 15 is 0 Å². The van der Waals surface area contributed by atoms with Crippen LogP contribution in [0.5, 0.6) is 0 Å². The third kappa shape index (κ3) is 4.19. The molecule has 3 heterocycles. The van der Waals surface area contributed by atoms with Crippen LogP contribution in [0, 0.1) is 13.8 Å². The first kappa shape index (κ1) is 19.6. The Balaban J connectivity index is 1.42. The van der Waals surface area contributed by atoms with Crippen molar-refractivity contribution in [3.8, 4) is 0 Å². The van der Waals surface area contributed by atoms with Gasteiger partial charge in [-0.15, -0.1) is 0 Å². The summed E-state index contributed by atoms with van der Waals surface area (Å²) in [6.07, 6.45) is 1.52. The third-order valence-electron chi connectivity index (χ3n) is 6.18. The second-order valence-corrected chi connectivity index (χ2v) is 8.05. The number of rotatable bonds is 3. The van der Waals surface area contributed by atoms with E-state index in [2.05, 4.69) is 63.8 Å². The molecule has 7 nitrogen and oxygen atoms in total. The van der Waals surface area contributed by atoms with Crippen molar-refractivity contribution >= 4 is 17.4 Å². The van der Waals surface area contributed by atoms with Gasteiger partial charge in [0, 0.05) is 64.1 Å². The summed E-state index contributed by atoms with van der Waals surface area (Å²) in [5.74, 6) is 0.855. The van der Waals surface area contributed by atoms with Crippen LogP contribution >= 0.6 is 0 Å². The molecule has 0 saturated carbocycles. The average Bonchev–Trinajstić information content (AvgIpc) is 2.76. The molecule has 1 amide bonds. The fourth-order valence-corrected chi connectivity index (χ4v) is 4.06. The summed E-state index contributed by atoms with van der Waals surface area (Å²) in [4.78, 5) is 30.4. The van der Waals surface area contributed by atoms with Crippen LogP contribution in [-0.4, -0.2) is 85.1 Å². The van der Waals surface area contributed by atoms with Gasteiger partial charge in [-0.1, -0.05) is 12.1 Å². The Morgan fingerprint density at radius 3 is 2.31 bits per heavy atom. The lowest BCUT2D eigenvalue weighted by Crippen LogP contribution is -2.48. The number of aryl methyl sites for hydroxylation is 1. The minimum atomic E-state index is 0.00997. The Hall–Kier alpha value is -2.67. The van der Waals surface area contributed by atoms with Crippen LogP contribution in [0.1, 0.15) is 21.6 Å². The summed E-state index contributed by atoms with van der Waals surface area (Å²) in [5.41, 5.74) is 4.49. The lowest BCUT2D eigenvalue weighted by atomic mass is 10.1. The number of hydrogen-bond donors (Lipinski definition) is 0. The van der Waals surface area contributed by atoms with Crippen molar-refractivity contribution in [3.05, 3.63) is 47.4 Å². The van der Waals surface area contributed by atoms with E-state index in [9.17, 15) is 4.79 Å². The highest BCUT2D eigenvalue weighted by atomic mass is 16.2. The van der Waals surface area contributed by atoms with E-state index in [1.807, 2.05) is 11.0 Å². The maximum atomic E-state index is 12.8. The minimum Gasteiger partial charge on any atom is -0.368 e. The van der Waals surface area contributed by atoms with Crippen LogP contribution in [0.3, 0.4) is 0 Å². The predicted octanol–water partition coefficient (Wildman–Crippen LogP) is 1.81. The summed E-state index contributed by atoms with van der Waals surface area (Å²) in [6.45, 7) is 11.3. The van der Waals surface area contributed by atoms with E-state index in [-0.39, 0.29) is 5.91 Å². The topological polar surface area (TPSA) is 55.8 Å². The zero-order valence-corrected chi connectivity index (χ0v) is 17.6. The first-order valence-electron chi connectivity index (χ1n) is 10.4. The van der Waals surface area contributed by atoms with Gasteiger partial charge in [-0.25, -0.2) is 9.97 Å². The molecule has 0 aliphatic carbocycles. The van der Waals surface area contributed by atoms with Crippen LogP contribution in [0.25, 0.3) is 0 Å². The van der Waals surface area contributed by atoms with E-state index in [0.717, 1.165) is 58.2 Å². The molecule has 0 spiro atoms. The largest absolute Gasteiger partial charge is 0.368 e. The SMILES string of the molecule is Cc1cccc(N2CCN(c3cc(C(=O)N4CCN(C)CC4)ncn3)CC2)c1C. The molecule has 1 aromatic carbocycles. The summed E-state index contributed by atoms with van der Waals surface area (Å²) < 4.78 is 0. The van der Waals surface area contributed by atoms with Gasteiger partial charge in [0.1, 0.15) is 17.8 Å². The van der Waals surface area contributed by atoms with E-state index in [0.29, 0.717) is 5.69 Å². The number of benzene rings is 1. The summed E-state index contributed by atoms with van der Waals surface area (Å²) in [5, 5.41) is 0. The van der Waals surface area contributed by atoms with Gasteiger partial charge in [-0.05, 0) is 38.1 Å². The van der Waals surface area contributed by atoms with Gasteiger partial charge < -0.3 is 19.6 Å². The van der Waals surface area contributed by atoms with Crippen molar-refractivity contribution in [2.24, 2.45) is 0 Å². The fourth-order valence-electron chi connectivity index (χ4n) is 4.06. The number of carbonyl (C=O) groups excluding carboxylic acids is 1. The number of nitrogens with zero attached hydrogens (tertiary/aromatic N) is 6. The molecule has 29 heavy (non-hydrogen) atoms. The van der Waals surface area contributed by atoms with Gasteiger partial charge >= 0.3 is 0 Å². The molecule has 2 aliphatic heterocycles. The van der Waals surface area contributed by atoms with Gasteiger partial charge in [-0.2, -0.15) is 0 Å². The normalized spacial score (nSPS) is 18.2. The maximum Gasteiger partial charge on any atom is 0.272 e. The van der Waals surface area contributed by atoms with E-state index < -0.39 is 0 Å². The average molecular weight is 395 g/mol. The minimum absolute atomic E-state index is 0.00997. The molecule has 7 heteroatoms. The Morgan fingerprint density at radius 1 is 0.897 bits per heavy atom. The Bertz CT molecular complexity index is 869. The van der Waals surface area contributed by atoms with Crippen molar-refractivity contribution in [2.75, 3.05) is 69.2 Å². The molecular formula is C22H30N6O. The molecule has 2 aromatic rings. The first-order valence-corrected chi connectivity index (χ1v) is 10.4.